The number of nitrogens with one attached hydrogen (secondary N) is 1. The normalized spacial score (nSPS) is 9.94. The highest BCUT2D eigenvalue weighted by molar-refractivity contribution is 6.34. The van der Waals surface area contributed by atoms with Crippen molar-refractivity contribution in [1.29, 1.82) is 5.26 Å². The van der Waals surface area contributed by atoms with Crippen LogP contribution < -0.4 is 5.32 Å². The number of anilines is 1. The quantitative estimate of drug-likeness (QED) is 0.733. The van der Waals surface area contributed by atoms with Crippen LogP contribution in [-0.2, 0) is 0 Å². The Balaban J connectivity index is 2.35. The average Bonchev–Trinajstić information content (AvgIpc) is 2.35. The minimum atomic E-state index is 0.255. The van der Waals surface area contributed by atoms with E-state index in [1.807, 2.05) is 6.07 Å². The number of halogens is 1. The van der Waals surface area contributed by atoms with Crippen LogP contribution in [0.5, 0.6) is 0 Å². The highest BCUT2D eigenvalue weighted by Gasteiger charge is 2.05. The molecule has 0 radical (unpaired) electrons. The van der Waals surface area contributed by atoms with E-state index in [1.54, 1.807) is 12.3 Å². The number of nitrogens with zero attached hydrogens (tertiary/aromatic N) is 2. The lowest BCUT2D eigenvalue weighted by Gasteiger charge is -2.07. The molecule has 1 rings (SSSR count). The molecular formula is C12H16ClN3O. The van der Waals surface area contributed by atoms with Gasteiger partial charge < -0.3 is 10.4 Å². The number of aliphatic hydroxyl groups is 1. The van der Waals surface area contributed by atoms with E-state index in [0.717, 1.165) is 32.2 Å². The van der Waals surface area contributed by atoms with Crippen LogP contribution in [0, 0.1) is 11.3 Å². The molecule has 0 aliphatic heterocycles. The number of nitriles is 1. The van der Waals surface area contributed by atoms with Crippen molar-refractivity contribution in [3.8, 4) is 6.07 Å². The maximum Gasteiger partial charge on any atom is 0.146 e. The second-order valence-corrected chi connectivity index (χ2v) is 4.08. The molecule has 2 N–H and O–H groups in total. The van der Waals surface area contributed by atoms with Crippen LogP contribution in [0.4, 0.5) is 5.82 Å². The Hall–Kier alpha value is -1.31. The molecule has 0 unspecified atom stereocenters. The summed E-state index contributed by atoms with van der Waals surface area (Å²) in [5.41, 5.74) is 0.435. The van der Waals surface area contributed by atoms with Crippen molar-refractivity contribution in [3.63, 3.8) is 0 Å². The van der Waals surface area contributed by atoms with Gasteiger partial charge in [0, 0.05) is 19.3 Å². The van der Waals surface area contributed by atoms with Crippen LogP contribution in [0.25, 0.3) is 0 Å². The zero-order valence-corrected chi connectivity index (χ0v) is 10.4. The standard InChI is InChI=1S/C12H16ClN3O/c13-11-10(9-14)5-7-16-12(11)15-6-3-1-2-4-8-17/h5,7,17H,1-4,6,8H2,(H,15,16). The molecule has 4 nitrogen and oxygen atoms in total. The molecule has 17 heavy (non-hydrogen) atoms. The molecule has 0 aliphatic rings. The first-order valence-electron chi connectivity index (χ1n) is 5.69. The maximum absolute atomic E-state index is 8.80. The zero-order chi connectivity index (χ0) is 12.5. The van der Waals surface area contributed by atoms with E-state index in [4.69, 9.17) is 22.0 Å². The molecule has 5 heteroatoms. The molecule has 0 spiro atoms. The van der Waals surface area contributed by atoms with Gasteiger partial charge in [-0.2, -0.15) is 5.26 Å². The lowest BCUT2D eigenvalue weighted by atomic mass is 10.2. The Morgan fingerprint density at radius 2 is 2.12 bits per heavy atom. The summed E-state index contributed by atoms with van der Waals surface area (Å²) in [4.78, 5) is 4.09. The summed E-state index contributed by atoms with van der Waals surface area (Å²) in [6.45, 7) is 1.03. The first-order chi connectivity index (χ1) is 8.29. The minimum Gasteiger partial charge on any atom is -0.396 e. The summed E-state index contributed by atoms with van der Waals surface area (Å²) in [5, 5.41) is 20.9. The summed E-state index contributed by atoms with van der Waals surface area (Å²) < 4.78 is 0. The number of hydrogen-bond donors (Lipinski definition) is 2. The molecule has 1 heterocycles. The summed E-state index contributed by atoms with van der Waals surface area (Å²) in [5.74, 6) is 0.563. The Bertz CT molecular complexity index is 390. The molecule has 0 amide bonds. The minimum absolute atomic E-state index is 0.255. The van der Waals surface area contributed by atoms with E-state index >= 15 is 0 Å². The second-order valence-electron chi connectivity index (χ2n) is 3.70. The van der Waals surface area contributed by atoms with Crippen molar-refractivity contribution >= 4 is 17.4 Å². The third-order valence-corrected chi connectivity index (χ3v) is 2.77. The van der Waals surface area contributed by atoms with Crippen molar-refractivity contribution in [3.05, 3.63) is 22.8 Å². The maximum atomic E-state index is 8.80. The van der Waals surface area contributed by atoms with E-state index in [0.29, 0.717) is 16.4 Å². The van der Waals surface area contributed by atoms with E-state index in [-0.39, 0.29) is 6.61 Å². The van der Waals surface area contributed by atoms with E-state index in [1.165, 1.54) is 0 Å². The smallest absolute Gasteiger partial charge is 0.146 e. The van der Waals surface area contributed by atoms with Gasteiger partial charge in [-0.15, -0.1) is 0 Å². The van der Waals surface area contributed by atoms with Crippen molar-refractivity contribution in [1.82, 2.24) is 4.98 Å². The third kappa shape index (κ3) is 4.59. The second kappa shape index (κ2) is 7.88. The fourth-order valence-corrected chi connectivity index (χ4v) is 1.67. The average molecular weight is 254 g/mol. The summed E-state index contributed by atoms with van der Waals surface area (Å²) in [7, 11) is 0. The van der Waals surface area contributed by atoms with Crippen molar-refractivity contribution in [2.24, 2.45) is 0 Å². The molecule has 0 fully saturated rings. The van der Waals surface area contributed by atoms with Gasteiger partial charge in [-0.3, -0.25) is 0 Å². The third-order valence-electron chi connectivity index (χ3n) is 2.39. The van der Waals surface area contributed by atoms with Gasteiger partial charge in [0.05, 0.1) is 5.56 Å². The molecule has 92 valence electrons. The molecule has 0 saturated carbocycles. The van der Waals surface area contributed by atoms with Gasteiger partial charge in [0.25, 0.3) is 0 Å². The monoisotopic (exact) mass is 253 g/mol. The van der Waals surface area contributed by atoms with Crippen molar-refractivity contribution < 1.29 is 5.11 Å². The summed E-state index contributed by atoms with van der Waals surface area (Å²) >= 11 is 5.99. The number of aromatic nitrogens is 1. The Labute approximate surface area is 106 Å². The van der Waals surface area contributed by atoms with Gasteiger partial charge >= 0.3 is 0 Å². The highest BCUT2D eigenvalue weighted by Crippen LogP contribution is 2.22. The predicted octanol–water partition coefficient (Wildman–Crippen LogP) is 2.57. The first-order valence-corrected chi connectivity index (χ1v) is 6.06. The molecule has 0 atom stereocenters. The molecular weight excluding hydrogens is 238 g/mol. The fraction of sp³-hybridized carbons (Fsp3) is 0.500. The Kier molecular flexibility index (Phi) is 6.38. The number of pyridine rings is 1. The van der Waals surface area contributed by atoms with Crippen molar-refractivity contribution in [2.45, 2.75) is 25.7 Å². The molecule has 1 aromatic rings. The van der Waals surface area contributed by atoms with Crippen LogP contribution in [-0.4, -0.2) is 23.2 Å². The predicted molar refractivity (Wildman–Crippen MR) is 68.0 cm³/mol. The summed E-state index contributed by atoms with van der Waals surface area (Å²) in [6.07, 6.45) is 5.50. The van der Waals surface area contributed by atoms with E-state index in [9.17, 15) is 0 Å². The van der Waals surface area contributed by atoms with Gasteiger partial charge in [-0.1, -0.05) is 24.4 Å². The number of aliphatic hydroxyl groups excluding tert-OH is 1. The molecule has 0 bridgehead atoms. The Morgan fingerprint density at radius 3 is 2.82 bits per heavy atom. The molecule has 0 aliphatic carbocycles. The highest BCUT2D eigenvalue weighted by atomic mass is 35.5. The topological polar surface area (TPSA) is 68.9 Å². The van der Waals surface area contributed by atoms with Gasteiger partial charge in [-0.25, -0.2) is 4.98 Å². The number of hydrogen-bond acceptors (Lipinski definition) is 4. The van der Waals surface area contributed by atoms with Crippen LogP contribution in [0.2, 0.25) is 5.02 Å². The van der Waals surface area contributed by atoms with Crippen LogP contribution in [0.3, 0.4) is 0 Å². The molecule has 0 saturated heterocycles. The summed E-state index contributed by atoms with van der Waals surface area (Å²) in [6, 6.07) is 3.61. The number of rotatable bonds is 7. The van der Waals surface area contributed by atoms with E-state index < -0.39 is 0 Å². The van der Waals surface area contributed by atoms with Gasteiger partial charge in [0.1, 0.15) is 16.9 Å². The van der Waals surface area contributed by atoms with Crippen LogP contribution in [0.15, 0.2) is 12.3 Å². The lowest BCUT2D eigenvalue weighted by molar-refractivity contribution is 0.283. The lowest BCUT2D eigenvalue weighted by Crippen LogP contribution is -2.04. The van der Waals surface area contributed by atoms with E-state index in [2.05, 4.69) is 10.3 Å². The largest absolute Gasteiger partial charge is 0.396 e. The number of unbranched alkanes of at least 4 members (excludes halogenated alkanes) is 3. The molecule has 0 aromatic carbocycles. The molecule has 1 aromatic heterocycles. The van der Waals surface area contributed by atoms with Crippen molar-refractivity contribution in [2.75, 3.05) is 18.5 Å². The van der Waals surface area contributed by atoms with Crippen LogP contribution >= 0.6 is 11.6 Å². The zero-order valence-electron chi connectivity index (χ0n) is 9.62. The fourth-order valence-electron chi connectivity index (χ4n) is 1.45. The first kappa shape index (κ1) is 13.8. The van der Waals surface area contributed by atoms with Gasteiger partial charge in [-0.05, 0) is 18.9 Å². The Morgan fingerprint density at radius 1 is 1.35 bits per heavy atom. The van der Waals surface area contributed by atoms with Crippen LogP contribution in [0.1, 0.15) is 31.2 Å². The SMILES string of the molecule is N#Cc1ccnc(NCCCCCCO)c1Cl. The van der Waals surface area contributed by atoms with Gasteiger partial charge in [0.2, 0.25) is 0 Å². The van der Waals surface area contributed by atoms with Gasteiger partial charge in [0.15, 0.2) is 0 Å².